The van der Waals surface area contributed by atoms with E-state index in [4.69, 9.17) is 4.74 Å². The summed E-state index contributed by atoms with van der Waals surface area (Å²) in [5.41, 5.74) is -0.742. The highest BCUT2D eigenvalue weighted by Crippen LogP contribution is 2.41. The molecule has 3 rings (SSSR count). The highest BCUT2D eigenvalue weighted by molar-refractivity contribution is 9.10. The molecular formula is C24H35BrN2O4. The Morgan fingerprint density at radius 1 is 1.03 bits per heavy atom. The van der Waals surface area contributed by atoms with E-state index in [0.717, 1.165) is 35.7 Å². The molecule has 1 aromatic carbocycles. The lowest BCUT2D eigenvalue weighted by atomic mass is 9.76. The van der Waals surface area contributed by atoms with Crippen LogP contribution < -0.4 is 0 Å². The van der Waals surface area contributed by atoms with Crippen LogP contribution in [-0.2, 0) is 9.53 Å². The van der Waals surface area contributed by atoms with Crippen molar-refractivity contribution in [1.82, 2.24) is 9.80 Å². The van der Waals surface area contributed by atoms with Crippen molar-refractivity contribution in [2.24, 2.45) is 0 Å². The minimum atomic E-state index is -1.04. The number of hydrogen-bond acceptors (Lipinski definition) is 4. The van der Waals surface area contributed by atoms with Gasteiger partial charge in [-0.25, -0.2) is 4.79 Å². The van der Waals surface area contributed by atoms with Gasteiger partial charge in [-0.05, 0) is 51.3 Å². The van der Waals surface area contributed by atoms with Crippen molar-refractivity contribution < 1.29 is 19.4 Å². The van der Waals surface area contributed by atoms with Gasteiger partial charge in [0.2, 0.25) is 5.91 Å². The Bertz CT molecular complexity index is 776. The number of halogens is 1. The van der Waals surface area contributed by atoms with Gasteiger partial charge in [-0.1, -0.05) is 53.7 Å². The third-order valence-electron chi connectivity index (χ3n) is 6.18. The molecule has 0 bridgehead atoms. The second kappa shape index (κ2) is 9.90. The van der Waals surface area contributed by atoms with E-state index >= 15 is 0 Å². The van der Waals surface area contributed by atoms with E-state index in [2.05, 4.69) is 15.9 Å². The lowest BCUT2D eigenvalue weighted by Crippen LogP contribution is -2.55. The van der Waals surface area contributed by atoms with Crippen molar-refractivity contribution in [3.05, 3.63) is 34.3 Å². The summed E-state index contributed by atoms with van der Waals surface area (Å²) in [7, 11) is 0. The van der Waals surface area contributed by atoms with Crippen LogP contribution in [0.15, 0.2) is 28.7 Å². The van der Waals surface area contributed by atoms with Gasteiger partial charge in [0.05, 0.1) is 11.5 Å². The molecule has 1 aliphatic heterocycles. The van der Waals surface area contributed by atoms with E-state index in [0.29, 0.717) is 39.0 Å². The maximum Gasteiger partial charge on any atom is 0.410 e. The second-order valence-electron chi connectivity index (χ2n) is 9.80. The minimum absolute atomic E-state index is 0.0497. The summed E-state index contributed by atoms with van der Waals surface area (Å²) in [5.74, 6) is -0.650. The van der Waals surface area contributed by atoms with Crippen LogP contribution in [0.4, 0.5) is 4.79 Å². The highest BCUT2D eigenvalue weighted by Gasteiger charge is 2.44. The quantitative estimate of drug-likeness (QED) is 0.618. The molecule has 1 aliphatic carbocycles. The van der Waals surface area contributed by atoms with Crippen molar-refractivity contribution in [2.75, 3.05) is 26.2 Å². The minimum Gasteiger partial charge on any atom is -0.444 e. The molecule has 2 aliphatic rings. The number of carbonyl (C=O) groups is 2. The largest absolute Gasteiger partial charge is 0.444 e. The molecule has 1 aromatic rings. The van der Waals surface area contributed by atoms with Gasteiger partial charge in [0.15, 0.2) is 0 Å². The van der Waals surface area contributed by atoms with Crippen LogP contribution in [0, 0.1) is 0 Å². The summed E-state index contributed by atoms with van der Waals surface area (Å²) >= 11 is 3.52. The number of hydrogen-bond donors (Lipinski definition) is 1. The fraction of sp³-hybridized carbons (Fsp3) is 0.667. The number of nitrogens with zero attached hydrogens (tertiary/aromatic N) is 2. The molecule has 0 spiro atoms. The average molecular weight is 495 g/mol. The number of ether oxygens (including phenoxy) is 1. The third-order valence-corrected chi connectivity index (χ3v) is 6.67. The number of amides is 2. The molecule has 1 N–H and O–H groups in total. The van der Waals surface area contributed by atoms with Crippen molar-refractivity contribution in [1.29, 1.82) is 0 Å². The molecule has 1 unspecified atom stereocenters. The first-order valence-corrected chi connectivity index (χ1v) is 12.1. The van der Waals surface area contributed by atoms with E-state index in [1.807, 2.05) is 45.0 Å². The maximum atomic E-state index is 13.7. The van der Waals surface area contributed by atoms with Crippen LogP contribution >= 0.6 is 15.9 Å². The van der Waals surface area contributed by atoms with Crippen LogP contribution in [-0.4, -0.2) is 64.3 Å². The molecule has 2 amide bonds. The Morgan fingerprint density at radius 2 is 1.61 bits per heavy atom. The number of aliphatic hydroxyl groups is 1. The standard InChI is InChI=1S/C24H35BrN2O4/c1-23(2,3)31-22(29)27-15-13-26(14-16-27)21(28)20(18-9-8-10-19(25)17-18)24(30)11-6-4-5-7-12-24/h8-10,17,20,30H,4-7,11-16H2,1-3H3. The third kappa shape index (κ3) is 6.22. The monoisotopic (exact) mass is 494 g/mol. The van der Waals surface area contributed by atoms with Gasteiger partial charge in [0.1, 0.15) is 5.60 Å². The van der Waals surface area contributed by atoms with Gasteiger partial charge >= 0.3 is 6.09 Å². The lowest BCUT2D eigenvalue weighted by Gasteiger charge is -2.41. The van der Waals surface area contributed by atoms with Crippen molar-refractivity contribution in [3.63, 3.8) is 0 Å². The average Bonchev–Trinajstić information content (AvgIpc) is 2.92. The zero-order valence-electron chi connectivity index (χ0n) is 18.9. The summed E-state index contributed by atoms with van der Waals surface area (Å²) in [6.07, 6.45) is 4.97. The topological polar surface area (TPSA) is 70.1 Å². The summed E-state index contributed by atoms with van der Waals surface area (Å²) in [4.78, 5) is 29.6. The number of piperazine rings is 1. The number of rotatable bonds is 3. The molecule has 1 saturated carbocycles. The lowest BCUT2D eigenvalue weighted by molar-refractivity contribution is -0.142. The van der Waals surface area contributed by atoms with E-state index < -0.39 is 17.1 Å². The first-order valence-electron chi connectivity index (χ1n) is 11.3. The molecule has 1 saturated heterocycles. The summed E-state index contributed by atoms with van der Waals surface area (Å²) < 4.78 is 6.36. The Balaban J connectivity index is 1.77. The number of carbonyl (C=O) groups excluding carboxylic acids is 2. The first kappa shape index (κ1) is 24.1. The van der Waals surface area contributed by atoms with E-state index in [9.17, 15) is 14.7 Å². The predicted octanol–water partition coefficient (Wildman–Crippen LogP) is 4.70. The van der Waals surface area contributed by atoms with Gasteiger partial charge in [-0.3, -0.25) is 4.79 Å². The van der Waals surface area contributed by atoms with Crippen LogP contribution in [0.5, 0.6) is 0 Å². The Kier molecular flexibility index (Phi) is 7.68. The summed E-state index contributed by atoms with van der Waals surface area (Å²) in [6, 6.07) is 7.73. The predicted molar refractivity (Wildman–Crippen MR) is 124 cm³/mol. The van der Waals surface area contributed by atoms with Gasteiger partial charge in [-0.2, -0.15) is 0 Å². The summed E-state index contributed by atoms with van der Waals surface area (Å²) in [5, 5.41) is 11.7. The van der Waals surface area contributed by atoms with Gasteiger partial charge in [-0.15, -0.1) is 0 Å². The zero-order chi connectivity index (χ0) is 22.6. The number of benzene rings is 1. The van der Waals surface area contributed by atoms with Crippen LogP contribution in [0.25, 0.3) is 0 Å². The highest BCUT2D eigenvalue weighted by atomic mass is 79.9. The van der Waals surface area contributed by atoms with Gasteiger partial charge in [0, 0.05) is 30.7 Å². The van der Waals surface area contributed by atoms with E-state index in [1.54, 1.807) is 9.80 Å². The van der Waals surface area contributed by atoms with Gasteiger partial charge < -0.3 is 19.6 Å². The van der Waals surface area contributed by atoms with E-state index in [1.165, 1.54) is 0 Å². The second-order valence-corrected chi connectivity index (χ2v) is 10.7. The van der Waals surface area contributed by atoms with Crippen molar-refractivity contribution in [3.8, 4) is 0 Å². The molecule has 1 atom stereocenters. The molecule has 0 radical (unpaired) electrons. The first-order chi connectivity index (χ1) is 14.6. The molecule has 31 heavy (non-hydrogen) atoms. The van der Waals surface area contributed by atoms with Crippen LogP contribution in [0.1, 0.15) is 70.8 Å². The van der Waals surface area contributed by atoms with Crippen LogP contribution in [0.2, 0.25) is 0 Å². The van der Waals surface area contributed by atoms with E-state index in [-0.39, 0.29) is 12.0 Å². The van der Waals surface area contributed by atoms with Crippen molar-refractivity contribution >= 4 is 27.9 Å². The molecule has 7 heteroatoms. The Hall–Kier alpha value is -1.60. The maximum absolute atomic E-state index is 13.7. The SMILES string of the molecule is CC(C)(C)OC(=O)N1CCN(C(=O)C(c2cccc(Br)c2)C2(O)CCCCCC2)CC1. The molecule has 0 aromatic heterocycles. The fourth-order valence-corrected chi connectivity index (χ4v) is 5.03. The van der Waals surface area contributed by atoms with Crippen LogP contribution in [0.3, 0.4) is 0 Å². The zero-order valence-corrected chi connectivity index (χ0v) is 20.5. The molecule has 172 valence electrons. The fourth-order valence-electron chi connectivity index (χ4n) is 4.62. The normalized spacial score (nSPS) is 20.7. The Labute approximate surface area is 194 Å². The van der Waals surface area contributed by atoms with Crippen molar-refractivity contribution in [2.45, 2.75) is 76.4 Å². The molecule has 2 fully saturated rings. The molecular weight excluding hydrogens is 460 g/mol. The molecule has 6 nitrogen and oxygen atoms in total. The summed E-state index contributed by atoms with van der Waals surface area (Å²) in [6.45, 7) is 7.30. The smallest absolute Gasteiger partial charge is 0.410 e. The Morgan fingerprint density at radius 3 is 2.16 bits per heavy atom. The molecule has 1 heterocycles. The van der Waals surface area contributed by atoms with Gasteiger partial charge in [0.25, 0.3) is 0 Å².